The minimum absolute atomic E-state index is 0.0654. The number of carbonyl (C=O) groups is 1. The third-order valence-corrected chi connectivity index (χ3v) is 2.90. The summed E-state index contributed by atoms with van der Waals surface area (Å²) >= 11 is 0. The second kappa shape index (κ2) is 5.14. The van der Waals surface area contributed by atoms with Crippen LogP contribution in [0.2, 0.25) is 0 Å². The van der Waals surface area contributed by atoms with Gasteiger partial charge in [-0.05, 0) is 13.5 Å². The topological polar surface area (TPSA) is 125 Å². The van der Waals surface area contributed by atoms with Gasteiger partial charge in [0.1, 0.15) is 12.4 Å². The zero-order valence-electron chi connectivity index (χ0n) is 10.7. The van der Waals surface area contributed by atoms with E-state index in [1.54, 1.807) is 0 Å². The summed E-state index contributed by atoms with van der Waals surface area (Å²) in [5, 5.41) is 24.5. The predicted octanol–water partition coefficient (Wildman–Crippen LogP) is -1.04. The van der Waals surface area contributed by atoms with Crippen molar-refractivity contribution in [3.8, 4) is 0 Å². The maximum Gasteiger partial charge on any atom is 0.358 e. The van der Waals surface area contributed by atoms with E-state index in [1.165, 1.54) is 4.68 Å². The summed E-state index contributed by atoms with van der Waals surface area (Å²) in [5.41, 5.74) is 5.92. The van der Waals surface area contributed by atoms with Crippen LogP contribution >= 0.6 is 0 Å². The van der Waals surface area contributed by atoms with Gasteiger partial charge in [-0.1, -0.05) is 5.21 Å². The van der Waals surface area contributed by atoms with Gasteiger partial charge in [-0.15, -0.1) is 15.3 Å². The summed E-state index contributed by atoms with van der Waals surface area (Å²) in [4.78, 5) is 11.0. The van der Waals surface area contributed by atoms with Gasteiger partial charge in [-0.2, -0.15) is 0 Å². The van der Waals surface area contributed by atoms with Crippen molar-refractivity contribution >= 4 is 5.97 Å². The van der Waals surface area contributed by atoms with E-state index >= 15 is 0 Å². The molecule has 3 N–H and O–H groups in total. The molecule has 0 aromatic carbocycles. The molecule has 0 radical (unpaired) electrons. The van der Waals surface area contributed by atoms with Gasteiger partial charge in [-0.25, -0.2) is 9.48 Å². The van der Waals surface area contributed by atoms with Crippen LogP contribution in [-0.4, -0.2) is 47.4 Å². The fraction of sp³-hybridized carbons (Fsp3) is 0.500. The first-order valence-electron chi connectivity index (χ1n) is 5.75. The van der Waals surface area contributed by atoms with Gasteiger partial charge >= 0.3 is 5.97 Å². The van der Waals surface area contributed by atoms with Crippen LogP contribution in [0.25, 0.3) is 0 Å². The van der Waals surface area contributed by atoms with Gasteiger partial charge < -0.3 is 15.4 Å². The maximum atomic E-state index is 11.0. The molecule has 0 aliphatic carbocycles. The fourth-order valence-corrected chi connectivity index (χ4v) is 1.73. The van der Waals surface area contributed by atoms with E-state index < -0.39 is 5.97 Å². The summed E-state index contributed by atoms with van der Waals surface area (Å²) in [7, 11) is 1.84. The molecule has 19 heavy (non-hydrogen) atoms. The number of aryl methyl sites for hydroxylation is 1. The number of hydrogen-bond acceptors (Lipinski definition) is 6. The average Bonchev–Trinajstić information content (AvgIpc) is 2.89. The highest BCUT2D eigenvalue weighted by molar-refractivity contribution is 5.86. The first kappa shape index (κ1) is 13.1. The second-order valence-electron chi connectivity index (χ2n) is 4.11. The third kappa shape index (κ3) is 2.45. The number of carboxylic acid groups (broad SMARTS) is 1. The van der Waals surface area contributed by atoms with Crippen LogP contribution in [0.1, 0.15) is 27.8 Å². The zero-order chi connectivity index (χ0) is 14.0. The molecule has 0 atom stereocenters. The number of aromatic nitrogens is 6. The van der Waals surface area contributed by atoms with Crippen molar-refractivity contribution < 1.29 is 9.90 Å². The maximum absolute atomic E-state index is 11.0. The molecule has 0 fully saturated rings. The number of aromatic carboxylic acids is 1. The second-order valence-corrected chi connectivity index (χ2v) is 4.11. The summed E-state index contributed by atoms with van der Waals surface area (Å²) in [5.74, 6) is 0.343. The number of carboxylic acids is 1. The Morgan fingerprint density at radius 2 is 2.11 bits per heavy atom. The van der Waals surface area contributed by atoms with Crippen LogP contribution in [-0.2, 0) is 20.0 Å². The van der Waals surface area contributed by atoms with Gasteiger partial charge in [0.05, 0.1) is 5.69 Å². The van der Waals surface area contributed by atoms with Gasteiger partial charge in [0, 0.05) is 13.5 Å². The number of hydrogen-bond donors (Lipinski definition) is 2. The van der Waals surface area contributed by atoms with E-state index in [0.717, 1.165) is 5.82 Å². The van der Waals surface area contributed by atoms with E-state index in [9.17, 15) is 4.79 Å². The predicted molar refractivity (Wildman–Crippen MR) is 64.6 cm³/mol. The molecule has 0 aliphatic heterocycles. The zero-order valence-corrected chi connectivity index (χ0v) is 10.7. The fourth-order valence-electron chi connectivity index (χ4n) is 1.73. The molecule has 0 saturated carbocycles. The average molecular weight is 265 g/mol. The van der Waals surface area contributed by atoms with Gasteiger partial charge in [0.25, 0.3) is 0 Å². The van der Waals surface area contributed by atoms with Crippen molar-refractivity contribution in [2.75, 3.05) is 6.54 Å². The summed E-state index contributed by atoms with van der Waals surface area (Å²) in [6.07, 6.45) is 0.394. The number of nitrogens with two attached hydrogens (primary N) is 1. The van der Waals surface area contributed by atoms with Gasteiger partial charge in [0.2, 0.25) is 0 Å². The monoisotopic (exact) mass is 265 g/mol. The molecule has 0 bridgehead atoms. The van der Waals surface area contributed by atoms with Crippen LogP contribution < -0.4 is 5.73 Å². The molecule has 0 amide bonds. The normalized spacial score (nSPS) is 10.9. The molecule has 9 nitrogen and oxygen atoms in total. The molecule has 0 unspecified atom stereocenters. The van der Waals surface area contributed by atoms with Crippen LogP contribution in [0, 0.1) is 6.92 Å². The van der Waals surface area contributed by atoms with Crippen molar-refractivity contribution in [2.24, 2.45) is 12.8 Å². The lowest BCUT2D eigenvalue weighted by atomic mass is 10.2. The minimum atomic E-state index is -1.11. The molecule has 2 aromatic rings. The standard InChI is InChI=1S/C10H15N7O2/c1-6-12-13-8(16(6)2)5-17-7(3-4-11)9(10(18)19)14-15-17/h3-5,11H2,1-2H3,(H,18,19). The first-order valence-corrected chi connectivity index (χ1v) is 5.75. The molecule has 0 aliphatic rings. The highest BCUT2D eigenvalue weighted by atomic mass is 16.4. The molecule has 0 saturated heterocycles. The van der Waals surface area contributed by atoms with Crippen LogP contribution in [0.4, 0.5) is 0 Å². The van der Waals surface area contributed by atoms with Gasteiger partial charge in [0.15, 0.2) is 11.5 Å². The Balaban J connectivity index is 2.34. The Hall–Kier alpha value is -2.29. The van der Waals surface area contributed by atoms with Crippen molar-refractivity contribution in [3.05, 3.63) is 23.0 Å². The molecular formula is C10H15N7O2. The van der Waals surface area contributed by atoms with E-state index in [2.05, 4.69) is 20.5 Å². The Morgan fingerprint density at radius 1 is 1.37 bits per heavy atom. The molecule has 2 rings (SSSR count). The lowest BCUT2D eigenvalue weighted by Gasteiger charge is -2.05. The quantitative estimate of drug-likeness (QED) is 0.707. The molecule has 102 valence electrons. The van der Waals surface area contributed by atoms with Crippen molar-refractivity contribution in [2.45, 2.75) is 19.9 Å². The molecule has 9 heteroatoms. The molecular weight excluding hydrogens is 250 g/mol. The van der Waals surface area contributed by atoms with Crippen LogP contribution in [0.15, 0.2) is 0 Å². The Bertz CT molecular complexity index is 601. The first-order chi connectivity index (χ1) is 9.04. The number of nitrogens with zero attached hydrogens (tertiary/aromatic N) is 6. The lowest BCUT2D eigenvalue weighted by Crippen LogP contribution is -2.15. The smallest absolute Gasteiger partial charge is 0.358 e. The Labute approximate surface area is 109 Å². The van der Waals surface area contributed by atoms with E-state index in [0.29, 0.717) is 31.0 Å². The SMILES string of the molecule is Cc1nnc(Cn2nnc(C(=O)O)c2CCN)n1C. The summed E-state index contributed by atoms with van der Waals surface area (Å²) in [6, 6.07) is 0. The van der Waals surface area contributed by atoms with Crippen molar-refractivity contribution in [3.63, 3.8) is 0 Å². The lowest BCUT2D eigenvalue weighted by molar-refractivity contribution is 0.0689. The minimum Gasteiger partial charge on any atom is -0.476 e. The van der Waals surface area contributed by atoms with Gasteiger partial charge in [-0.3, -0.25) is 0 Å². The Morgan fingerprint density at radius 3 is 2.63 bits per heavy atom. The summed E-state index contributed by atoms with van der Waals surface area (Å²) < 4.78 is 3.31. The highest BCUT2D eigenvalue weighted by Gasteiger charge is 2.19. The molecule has 0 spiro atoms. The third-order valence-electron chi connectivity index (χ3n) is 2.90. The van der Waals surface area contributed by atoms with E-state index in [-0.39, 0.29) is 5.69 Å². The van der Waals surface area contributed by atoms with Crippen LogP contribution in [0.5, 0.6) is 0 Å². The van der Waals surface area contributed by atoms with Crippen molar-refractivity contribution in [1.82, 2.24) is 29.8 Å². The van der Waals surface area contributed by atoms with Crippen LogP contribution in [0.3, 0.4) is 0 Å². The highest BCUT2D eigenvalue weighted by Crippen LogP contribution is 2.09. The molecule has 2 heterocycles. The largest absolute Gasteiger partial charge is 0.476 e. The number of rotatable bonds is 5. The van der Waals surface area contributed by atoms with E-state index in [4.69, 9.17) is 10.8 Å². The van der Waals surface area contributed by atoms with Crippen molar-refractivity contribution in [1.29, 1.82) is 0 Å². The summed E-state index contributed by atoms with van der Waals surface area (Å²) in [6.45, 7) is 2.47. The Kier molecular flexibility index (Phi) is 3.56. The molecule has 2 aromatic heterocycles. The van der Waals surface area contributed by atoms with E-state index in [1.807, 2.05) is 18.5 Å².